The van der Waals surface area contributed by atoms with Crippen LogP contribution in [0.4, 0.5) is 0 Å². The van der Waals surface area contributed by atoms with Gasteiger partial charge in [-0.05, 0) is 31.6 Å². The molecule has 0 aromatic carbocycles. The van der Waals surface area contributed by atoms with Crippen molar-refractivity contribution in [2.45, 2.75) is 44.9 Å². The van der Waals surface area contributed by atoms with Gasteiger partial charge in [-0.2, -0.15) is 0 Å². The van der Waals surface area contributed by atoms with E-state index in [9.17, 15) is 0 Å². The summed E-state index contributed by atoms with van der Waals surface area (Å²) in [5, 5.41) is 0. The zero-order valence-electron chi connectivity index (χ0n) is 10.3. The zero-order chi connectivity index (χ0) is 11.2. The average molecular weight is 223 g/mol. The summed E-state index contributed by atoms with van der Waals surface area (Å²) in [4.78, 5) is 0. The van der Waals surface area contributed by atoms with Crippen LogP contribution < -0.4 is 5.73 Å². The molecule has 0 aromatic heterocycles. The highest BCUT2D eigenvalue weighted by Gasteiger charge is 2.19. The maximum atomic E-state index is 5.91. The van der Waals surface area contributed by atoms with E-state index in [-0.39, 0.29) is 0 Å². The summed E-state index contributed by atoms with van der Waals surface area (Å²) in [5.74, 6) is 1.41. The van der Waals surface area contributed by atoms with Crippen molar-refractivity contribution in [1.29, 1.82) is 0 Å². The van der Waals surface area contributed by atoms with Crippen molar-refractivity contribution >= 4 is 0 Å². The van der Waals surface area contributed by atoms with Crippen molar-refractivity contribution in [3.63, 3.8) is 0 Å². The van der Waals surface area contributed by atoms with Gasteiger partial charge in [0.1, 0.15) is 0 Å². The van der Waals surface area contributed by atoms with Crippen molar-refractivity contribution in [3.05, 3.63) is 11.6 Å². The first-order valence-electron chi connectivity index (χ1n) is 6.88. The molecule has 2 aliphatic rings. The summed E-state index contributed by atoms with van der Waals surface area (Å²) in [6.07, 6.45) is 11.9. The Hall–Kier alpha value is -0.340. The third-order valence-corrected chi connectivity index (χ3v) is 4.01. The van der Waals surface area contributed by atoms with Crippen LogP contribution in [0.3, 0.4) is 0 Å². The Kier molecular flexibility index (Phi) is 4.86. The Bertz CT molecular complexity index is 225. The number of rotatable bonds is 3. The lowest BCUT2D eigenvalue weighted by molar-refractivity contribution is 0.0705. The van der Waals surface area contributed by atoms with Gasteiger partial charge in [-0.1, -0.05) is 30.9 Å². The van der Waals surface area contributed by atoms with Gasteiger partial charge in [0.15, 0.2) is 0 Å². The van der Waals surface area contributed by atoms with Crippen LogP contribution in [-0.2, 0) is 4.74 Å². The molecule has 16 heavy (non-hydrogen) atoms. The van der Waals surface area contributed by atoms with Crippen LogP contribution in [0, 0.1) is 11.8 Å². The van der Waals surface area contributed by atoms with Gasteiger partial charge in [-0.15, -0.1) is 0 Å². The first kappa shape index (κ1) is 12.1. The highest BCUT2D eigenvalue weighted by Crippen LogP contribution is 2.30. The smallest absolute Gasteiger partial charge is 0.0528 e. The summed E-state index contributed by atoms with van der Waals surface area (Å²) >= 11 is 0. The molecule has 2 N–H and O–H groups in total. The third-order valence-electron chi connectivity index (χ3n) is 4.01. The van der Waals surface area contributed by atoms with Crippen molar-refractivity contribution < 1.29 is 4.74 Å². The molecular formula is C14H25NO. The number of nitrogens with two attached hydrogens (primary N) is 1. The number of ether oxygens (including phenoxy) is 1. The van der Waals surface area contributed by atoms with Gasteiger partial charge in [-0.3, -0.25) is 0 Å². The van der Waals surface area contributed by atoms with E-state index in [1.807, 2.05) is 0 Å². The predicted molar refractivity (Wildman–Crippen MR) is 67.3 cm³/mol. The monoisotopic (exact) mass is 223 g/mol. The molecule has 1 aliphatic heterocycles. The Balaban J connectivity index is 1.93. The van der Waals surface area contributed by atoms with E-state index in [2.05, 4.69) is 6.08 Å². The molecule has 1 atom stereocenters. The van der Waals surface area contributed by atoms with E-state index in [0.29, 0.717) is 5.92 Å². The van der Waals surface area contributed by atoms with E-state index in [4.69, 9.17) is 10.5 Å². The fourth-order valence-electron chi connectivity index (χ4n) is 3.04. The molecular weight excluding hydrogens is 198 g/mol. The summed E-state index contributed by atoms with van der Waals surface area (Å²) in [7, 11) is 0. The minimum Gasteiger partial charge on any atom is -0.381 e. The quantitative estimate of drug-likeness (QED) is 0.747. The predicted octanol–water partition coefficient (Wildman–Crippen LogP) is 2.88. The molecule has 0 bridgehead atoms. The molecule has 0 aromatic rings. The average Bonchev–Trinajstić information content (AvgIpc) is 2.38. The Morgan fingerprint density at radius 2 is 1.94 bits per heavy atom. The van der Waals surface area contributed by atoms with Gasteiger partial charge in [0.2, 0.25) is 0 Å². The molecule has 0 radical (unpaired) electrons. The van der Waals surface area contributed by atoms with Crippen molar-refractivity contribution in [3.8, 4) is 0 Å². The highest BCUT2D eigenvalue weighted by molar-refractivity contribution is 5.11. The molecule has 1 saturated carbocycles. The minimum atomic E-state index is 0.634. The second-order valence-electron chi connectivity index (χ2n) is 5.26. The van der Waals surface area contributed by atoms with Crippen LogP contribution in [0.15, 0.2) is 11.6 Å². The lowest BCUT2D eigenvalue weighted by Crippen LogP contribution is -2.20. The molecule has 2 rings (SSSR count). The summed E-state index contributed by atoms with van der Waals surface area (Å²) in [5.41, 5.74) is 7.42. The Labute approximate surface area is 99.2 Å². The van der Waals surface area contributed by atoms with E-state index < -0.39 is 0 Å². The SMILES string of the molecule is NCC(=CC1CCCOC1)C1CCCCC1. The summed E-state index contributed by atoms with van der Waals surface area (Å²) < 4.78 is 5.53. The fraction of sp³-hybridized carbons (Fsp3) is 0.857. The van der Waals surface area contributed by atoms with Crippen LogP contribution in [0.5, 0.6) is 0 Å². The fourth-order valence-corrected chi connectivity index (χ4v) is 3.04. The van der Waals surface area contributed by atoms with E-state index in [1.165, 1.54) is 50.5 Å². The molecule has 1 heterocycles. The van der Waals surface area contributed by atoms with Gasteiger partial charge in [0.25, 0.3) is 0 Å². The summed E-state index contributed by atoms with van der Waals surface area (Å²) in [6.45, 7) is 2.61. The van der Waals surface area contributed by atoms with Crippen molar-refractivity contribution in [2.24, 2.45) is 17.6 Å². The lowest BCUT2D eigenvalue weighted by Gasteiger charge is -2.26. The number of hydrogen-bond acceptors (Lipinski definition) is 2. The van der Waals surface area contributed by atoms with Gasteiger partial charge >= 0.3 is 0 Å². The molecule has 2 fully saturated rings. The van der Waals surface area contributed by atoms with Crippen molar-refractivity contribution in [1.82, 2.24) is 0 Å². The Morgan fingerprint density at radius 3 is 2.56 bits per heavy atom. The van der Waals surface area contributed by atoms with E-state index >= 15 is 0 Å². The molecule has 2 nitrogen and oxygen atoms in total. The molecule has 0 amide bonds. The van der Waals surface area contributed by atoms with Crippen LogP contribution in [0.1, 0.15) is 44.9 Å². The molecule has 92 valence electrons. The first-order valence-corrected chi connectivity index (χ1v) is 6.88. The molecule has 2 heteroatoms. The normalized spacial score (nSPS) is 29.3. The largest absolute Gasteiger partial charge is 0.381 e. The topological polar surface area (TPSA) is 35.2 Å². The van der Waals surface area contributed by atoms with Crippen LogP contribution in [0.25, 0.3) is 0 Å². The van der Waals surface area contributed by atoms with Crippen LogP contribution >= 0.6 is 0 Å². The van der Waals surface area contributed by atoms with Gasteiger partial charge in [-0.25, -0.2) is 0 Å². The Morgan fingerprint density at radius 1 is 1.12 bits per heavy atom. The van der Waals surface area contributed by atoms with Crippen molar-refractivity contribution in [2.75, 3.05) is 19.8 Å². The van der Waals surface area contributed by atoms with E-state index in [1.54, 1.807) is 0 Å². The zero-order valence-corrected chi connectivity index (χ0v) is 10.3. The number of hydrogen-bond donors (Lipinski definition) is 1. The second kappa shape index (κ2) is 6.41. The summed E-state index contributed by atoms with van der Waals surface area (Å²) in [6, 6.07) is 0. The first-order chi connectivity index (χ1) is 7.90. The minimum absolute atomic E-state index is 0.634. The maximum absolute atomic E-state index is 5.91. The maximum Gasteiger partial charge on any atom is 0.0528 e. The van der Waals surface area contributed by atoms with Crippen LogP contribution in [0.2, 0.25) is 0 Å². The third kappa shape index (κ3) is 3.33. The van der Waals surface area contributed by atoms with Gasteiger partial charge in [0, 0.05) is 19.1 Å². The molecule has 1 unspecified atom stereocenters. The lowest BCUT2D eigenvalue weighted by atomic mass is 9.82. The molecule has 1 saturated heterocycles. The second-order valence-corrected chi connectivity index (χ2v) is 5.26. The molecule has 1 aliphatic carbocycles. The van der Waals surface area contributed by atoms with Gasteiger partial charge in [0.05, 0.1) is 6.61 Å². The van der Waals surface area contributed by atoms with E-state index in [0.717, 1.165) is 25.7 Å². The van der Waals surface area contributed by atoms with Gasteiger partial charge < -0.3 is 10.5 Å². The van der Waals surface area contributed by atoms with Crippen LogP contribution in [-0.4, -0.2) is 19.8 Å². The standard InChI is InChI=1S/C14H25NO/c15-10-14(13-6-2-1-3-7-13)9-12-5-4-8-16-11-12/h9,12-13H,1-8,10-11,15H2. The highest BCUT2D eigenvalue weighted by atomic mass is 16.5. The molecule has 0 spiro atoms.